The molecule has 0 saturated carbocycles. The lowest BCUT2D eigenvalue weighted by molar-refractivity contribution is -0.873. The quantitative estimate of drug-likeness (QED) is 0.162. The van der Waals surface area contributed by atoms with Gasteiger partial charge < -0.3 is 28.7 Å². The Balaban J connectivity index is 2.18. The minimum absolute atomic E-state index is 0.0821. The van der Waals surface area contributed by atoms with Crippen molar-refractivity contribution in [3.8, 4) is 17.2 Å². The third-order valence-electron chi connectivity index (χ3n) is 4.82. The number of rotatable bonds is 19. The Hall–Kier alpha value is -1.84. The molecule has 0 aliphatic heterocycles. The Morgan fingerprint density at radius 3 is 1.91 bits per heavy atom. The molecule has 0 fully saturated rings. The van der Waals surface area contributed by atoms with E-state index in [1.54, 1.807) is 20.3 Å². The van der Waals surface area contributed by atoms with Crippen LogP contribution in [0.3, 0.4) is 0 Å². The van der Waals surface area contributed by atoms with E-state index in [1.165, 1.54) is 0 Å². The topological polar surface area (TPSA) is 121 Å². The third kappa shape index (κ3) is 14.4. The van der Waals surface area contributed by atoms with Gasteiger partial charge in [-0.25, -0.2) is 4.57 Å². The fourth-order valence-electron chi connectivity index (χ4n) is 3.31. The first-order chi connectivity index (χ1) is 15.9. The number of carbonyl (C=O) groups is 1. The summed E-state index contributed by atoms with van der Waals surface area (Å²) in [5, 5.41) is 9.01. The second-order valence-corrected chi connectivity index (χ2v) is 10.5. The van der Waals surface area contributed by atoms with Crippen LogP contribution in [0.25, 0.3) is 0 Å². The Morgan fingerprint density at radius 1 is 0.912 bits per heavy atom. The van der Waals surface area contributed by atoms with Crippen LogP contribution in [0.15, 0.2) is 18.2 Å². The van der Waals surface area contributed by atoms with Crippen LogP contribution in [0.2, 0.25) is 0 Å². The maximum absolute atomic E-state index is 12.2. The monoisotopic (exact) mass is 506 g/mol. The van der Waals surface area contributed by atoms with Crippen molar-refractivity contribution in [3.63, 3.8) is 0 Å². The molecular weight excluding hydrogens is 465 g/mol. The summed E-state index contributed by atoms with van der Waals surface area (Å²) >= 11 is 0. The molecule has 1 rings (SSSR count). The summed E-state index contributed by atoms with van der Waals surface area (Å²) in [6, 6.07) is 5.43. The largest absolute Gasteiger partial charge is 0.496 e. The highest BCUT2D eigenvalue weighted by Gasteiger charge is 2.31. The van der Waals surface area contributed by atoms with Crippen LogP contribution in [-0.4, -0.2) is 81.7 Å². The summed E-state index contributed by atoms with van der Waals surface area (Å²) in [5.41, 5.74) is 0. The third-order valence-corrected chi connectivity index (χ3v) is 5.90. The average Bonchev–Trinajstić information content (AvgIpc) is 2.72. The minimum atomic E-state index is -4.31. The number of carboxylic acid groups (broad SMARTS) is 1. The smallest absolute Gasteiger partial charge is 0.472 e. The highest BCUT2D eigenvalue weighted by atomic mass is 31.2. The Kier molecular flexibility index (Phi) is 13.5. The molecule has 0 aromatic heterocycles. The lowest BCUT2D eigenvalue weighted by atomic mass is 10.1. The van der Waals surface area contributed by atoms with E-state index in [0.29, 0.717) is 34.8 Å². The summed E-state index contributed by atoms with van der Waals surface area (Å²) in [5.74, 6) is 0.975. The van der Waals surface area contributed by atoms with E-state index in [2.05, 4.69) is 0 Å². The number of hydrogen-bond donors (Lipinski definition) is 2. The molecule has 11 heteroatoms. The zero-order valence-corrected chi connectivity index (χ0v) is 21.9. The van der Waals surface area contributed by atoms with Crippen molar-refractivity contribution in [1.82, 2.24) is 0 Å². The van der Waals surface area contributed by atoms with Gasteiger partial charge in [0.15, 0.2) is 0 Å². The summed E-state index contributed by atoms with van der Waals surface area (Å²) in [6.07, 6.45) is 4.10. The van der Waals surface area contributed by atoms with Crippen molar-refractivity contribution in [3.05, 3.63) is 18.2 Å². The van der Waals surface area contributed by atoms with Gasteiger partial charge in [-0.2, -0.15) is 0 Å². The molecule has 0 bridgehead atoms. The molecule has 1 aromatic carbocycles. The van der Waals surface area contributed by atoms with Gasteiger partial charge >= 0.3 is 13.8 Å². The number of likely N-dealkylation sites (N-methyl/N-ethyl adjacent to an activating group) is 1. The number of carboxylic acids is 1. The normalized spacial score (nSPS) is 14.3. The molecule has 34 heavy (non-hydrogen) atoms. The van der Waals surface area contributed by atoms with E-state index in [0.717, 1.165) is 32.1 Å². The summed E-state index contributed by atoms with van der Waals surface area (Å²) in [6.45, 7) is 0.948. The van der Waals surface area contributed by atoms with Crippen LogP contribution >= 0.6 is 7.82 Å². The lowest BCUT2D eigenvalue weighted by Gasteiger charge is -2.29. The van der Waals surface area contributed by atoms with Crippen LogP contribution in [0, 0.1) is 0 Å². The fourth-order valence-corrected chi connectivity index (χ4v) is 4.24. The number of phosphoric ester groups is 1. The van der Waals surface area contributed by atoms with Gasteiger partial charge in [0.25, 0.3) is 0 Å². The van der Waals surface area contributed by atoms with E-state index in [9.17, 15) is 14.3 Å². The van der Waals surface area contributed by atoms with Crippen molar-refractivity contribution < 1.29 is 47.1 Å². The van der Waals surface area contributed by atoms with Crippen molar-refractivity contribution in [2.75, 3.05) is 55.1 Å². The zero-order valence-electron chi connectivity index (χ0n) is 21.0. The molecular formula is C23H41NO9P+. The number of methoxy groups -OCH3 is 2. The first-order valence-electron chi connectivity index (χ1n) is 11.5. The molecule has 0 aliphatic rings. The molecule has 1 unspecified atom stereocenters. The number of quaternary nitrogens is 1. The highest BCUT2D eigenvalue weighted by molar-refractivity contribution is 7.47. The molecule has 10 nitrogen and oxygen atoms in total. The Bertz CT molecular complexity index is 760. The van der Waals surface area contributed by atoms with Crippen LogP contribution in [-0.2, 0) is 18.4 Å². The van der Waals surface area contributed by atoms with E-state index >= 15 is 0 Å². The van der Waals surface area contributed by atoms with Gasteiger partial charge in [-0.1, -0.05) is 25.7 Å². The van der Waals surface area contributed by atoms with E-state index in [1.807, 2.05) is 33.3 Å². The number of hydrogen-bond acceptors (Lipinski definition) is 7. The summed E-state index contributed by atoms with van der Waals surface area (Å²) < 4.78 is 39.0. The minimum Gasteiger partial charge on any atom is -0.496 e. The second kappa shape index (κ2) is 15.2. The number of nitrogens with zero attached hydrogens (tertiary/aromatic N) is 1. The van der Waals surface area contributed by atoms with Gasteiger partial charge in [0.2, 0.25) is 0 Å². The van der Waals surface area contributed by atoms with Crippen LogP contribution in [0.1, 0.15) is 44.9 Å². The molecule has 1 aromatic rings. The number of unbranched alkanes of at least 4 members (excludes halogenated alkanes) is 5. The molecule has 0 saturated heterocycles. The van der Waals surface area contributed by atoms with Crippen molar-refractivity contribution >= 4 is 13.8 Å². The summed E-state index contributed by atoms with van der Waals surface area (Å²) in [4.78, 5) is 21.0. The zero-order chi connectivity index (χ0) is 25.6. The Morgan fingerprint density at radius 2 is 1.41 bits per heavy atom. The number of aliphatic carboxylic acids is 1. The second-order valence-electron chi connectivity index (χ2n) is 9.12. The van der Waals surface area contributed by atoms with Crippen molar-refractivity contribution in [2.45, 2.75) is 51.0 Å². The molecule has 0 amide bonds. The average molecular weight is 507 g/mol. The van der Waals surface area contributed by atoms with Gasteiger partial charge in [-0.05, 0) is 12.8 Å². The first kappa shape index (κ1) is 30.2. The van der Waals surface area contributed by atoms with Crippen LogP contribution in [0.5, 0.6) is 17.2 Å². The molecule has 0 aliphatic carbocycles. The van der Waals surface area contributed by atoms with Gasteiger partial charge in [-0.3, -0.25) is 13.8 Å². The summed E-state index contributed by atoms with van der Waals surface area (Å²) in [7, 11) is 4.43. The van der Waals surface area contributed by atoms with Crippen LogP contribution < -0.4 is 14.2 Å². The molecule has 2 atom stereocenters. The van der Waals surface area contributed by atoms with Crippen molar-refractivity contribution in [1.29, 1.82) is 0 Å². The Labute approximate surface area is 202 Å². The van der Waals surface area contributed by atoms with Gasteiger partial charge in [0.05, 0.1) is 55.0 Å². The maximum Gasteiger partial charge on any atom is 0.472 e. The molecule has 196 valence electrons. The lowest BCUT2D eigenvalue weighted by Crippen LogP contribution is -2.42. The number of phosphoric acid groups is 1. The number of ether oxygens (including phenoxy) is 3. The predicted molar refractivity (Wildman–Crippen MR) is 129 cm³/mol. The molecule has 0 spiro atoms. The van der Waals surface area contributed by atoms with E-state index in [4.69, 9.17) is 28.4 Å². The molecule has 2 N–H and O–H groups in total. The molecule has 0 heterocycles. The molecule has 0 radical (unpaired) electrons. The first-order valence-corrected chi connectivity index (χ1v) is 13.0. The number of benzene rings is 1. The highest BCUT2D eigenvalue weighted by Crippen LogP contribution is 2.45. The van der Waals surface area contributed by atoms with Gasteiger partial charge in [-0.15, -0.1) is 0 Å². The van der Waals surface area contributed by atoms with Gasteiger partial charge in [0, 0.05) is 18.2 Å². The van der Waals surface area contributed by atoms with E-state index in [-0.39, 0.29) is 19.6 Å². The fraction of sp³-hybridized carbons (Fsp3) is 0.696. The van der Waals surface area contributed by atoms with Gasteiger partial charge in [0.1, 0.15) is 29.9 Å². The predicted octanol–water partition coefficient (Wildman–Crippen LogP) is 4.11. The standard InChI is InChI=1S/C23H40NO9P/c1-24(2,3)18-22(17-23(25)26)33-34(27,28)32-13-11-9-7-6-8-10-12-31-21-15-19(29-4)14-20(16-21)30-5/h14-16,22H,6-13,17-18H2,1-5H3,(H-,25,26,27,28)/p+1/t22-/m1/s1. The maximum atomic E-state index is 12.2. The van der Waals surface area contributed by atoms with Crippen molar-refractivity contribution in [2.24, 2.45) is 0 Å². The SMILES string of the molecule is COc1cc(OC)cc(OCCCCCCCCOP(=O)(O)O[C@H](CC(=O)O)C[N+](C)(C)C)c1. The van der Waals surface area contributed by atoms with Crippen LogP contribution in [0.4, 0.5) is 0 Å². The van der Waals surface area contributed by atoms with E-state index < -0.39 is 19.9 Å².